The molecule has 8 heteroatoms. The van der Waals surface area contributed by atoms with Gasteiger partial charge in [0.05, 0.1) is 33.3 Å². The number of sulfone groups is 1. The topological polar surface area (TPSA) is 72.3 Å². The summed E-state index contributed by atoms with van der Waals surface area (Å²) in [7, 11) is -2.97. The van der Waals surface area contributed by atoms with Crippen LogP contribution in [0.5, 0.6) is 0 Å². The van der Waals surface area contributed by atoms with Gasteiger partial charge in [0.2, 0.25) is 0 Å². The van der Waals surface area contributed by atoms with Crippen molar-refractivity contribution in [1.29, 1.82) is 0 Å². The number of likely N-dealkylation sites (tertiary alicyclic amines) is 1. The number of fused-ring (bicyclic) bond motifs is 1. The number of benzene rings is 1. The number of hydrogen-bond donors (Lipinski definition) is 0. The van der Waals surface area contributed by atoms with E-state index in [1.54, 1.807) is 11.3 Å². The quantitative estimate of drug-likeness (QED) is 0.523. The molecule has 0 unspecified atom stereocenters. The maximum atomic E-state index is 13.1. The van der Waals surface area contributed by atoms with Crippen LogP contribution in [0, 0.1) is 13.8 Å². The molecule has 1 atom stereocenters. The van der Waals surface area contributed by atoms with E-state index in [0.717, 1.165) is 48.4 Å². The van der Waals surface area contributed by atoms with Crippen LogP contribution in [0.1, 0.15) is 58.0 Å². The minimum atomic E-state index is -2.97. The maximum absolute atomic E-state index is 13.1. The molecule has 0 N–H and O–H groups in total. The third-order valence-electron chi connectivity index (χ3n) is 6.97. The van der Waals surface area contributed by atoms with E-state index >= 15 is 0 Å². The first kappa shape index (κ1) is 21.8. The van der Waals surface area contributed by atoms with Gasteiger partial charge in [-0.05, 0) is 64.4 Å². The summed E-state index contributed by atoms with van der Waals surface area (Å²) in [5, 5.41) is 1.22. The number of carbonyl (C=O) groups excluding carboxylic acids is 1. The van der Waals surface area contributed by atoms with E-state index in [4.69, 9.17) is 4.98 Å². The zero-order valence-corrected chi connectivity index (χ0v) is 20.2. The number of para-hydroxylation sites is 1. The highest BCUT2D eigenvalue weighted by atomic mass is 32.2. The van der Waals surface area contributed by atoms with Crippen LogP contribution in [0.25, 0.3) is 10.2 Å². The van der Waals surface area contributed by atoms with Crippen LogP contribution in [-0.4, -0.2) is 59.8 Å². The third kappa shape index (κ3) is 4.16. The Balaban J connectivity index is 1.23. The van der Waals surface area contributed by atoms with E-state index in [9.17, 15) is 13.2 Å². The Morgan fingerprint density at radius 1 is 1.16 bits per heavy atom. The summed E-state index contributed by atoms with van der Waals surface area (Å²) >= 11 is 1.79. The molecule has 1 aromatic carbocycles. The van der Waals surface area contributed by atoms with Crippen LogP contribution in [0.15, 0.2) is 30.3 Å². The monoisotopic (exact) mass is 471 g/mol. The van der Waals surface area contributed by atoms with Crippen LogP contribution < -0.4 is 0 Å². The Labute approximate surface area is 193 Å². The van der Waals surface area contributed by atoms with Crippen LogP contribution in [-0.2, 0) is 9.84 Å². The lowest BCUT2D eigenvalue weighted by molar-refractivity contribution is 0.0908. The van der Waals surface area contributed by atoms with Gasteiger partial charge in [-0.2, -0.15) is 0 Å². The van der Waals surface area contributed by atoms with Crippen LogP contribution >= 0.6 is 11.3 Å². The third-order valence-corrected chi connectivity index (χ3v) is 9.92. The maximum Gasteiger partial charge on any atom is 0.178 e. The van der Waals surface area contributed by atoms with E-state index in [0.29, 0.717) is 18.9 Å². The number of Topliss-reactive ketones (excluding diaryl/α,β-unsaturated/α-hetero) is 1. The highest BCUT2D eigenvalue weighted by Crippen LogP contribution is 2.34. The lowest BCUT2D eigenvalue weighted by atomic mass is 9.97. The number of thiazole rings is 1. The van der Waals surface area contributed by atoms with Gasteiger partial charge in [-0.3, -0.25) is 9.69 Å². The molecule has 0 amide bonds. The average Bonchev–Trinajstić information content (AvgIpc) is 3.43. The summed E-state index contributed by atoms with van der Waals surface area (Å²) in [5.41, 5.74) is 3.69. The number of nitrogens with zero attached hydrogens (tertiary/aromatic N) is 3. The summed E-state index contributed by atoms with van der Waals surface area (Å²) in [4.78, 5) is 20.2. The Kier molecular flexibility index (Phi) is 5.72. The van der Waals surface area contributed by atoms with Gasteiger partial charge >= 0.3 is 0 Å². The van der Waals surface area contributed by atoms with Gasteiger partial charge in [0.1, 0.15) is 0 Å². The molecule has 2 saturated heterocycles. The molecule has 2 aliphatic heterocycles. The second-order valence-electron chi connectivity index (χ2n) is 9.21. The fourth-order valence-electron chi connectivity index (χ4n) is 5.29. The molecular formula is C24H29N3O3S2. The smallest absolute Gasteiger partial charge is 0.178 e. The largest absolute Gasteiger partial charge is 0.344 e. The van der Waals surface area contributed by atoms with Crippen molar-refractivity contribution in [1.82, 2.24) is 14.5 Å². The molecule has 2 aliphatic rings. The number of piperidine rings is 1. The predicted octanol–water partition coefficient (Wildman–Crippen LogP) is 4.14. The summed E-state index contributed by atoms with van der Waals surface area (Å²) in [5.74, 6) is 1.01. The number of ketones is 1. The Bertz CT molecular complexity index is 1230. The van der Waals surface area contributed by atoms with Crippen LogP contribution in [0.4, 0.5) is 0 Å². The first-order chi connectivity index (χ1) is 15.3. The summed E-state index contributed by atoms with van der Waals surface area (Å²) in [6.45, 7) is 6.13. The molecule has 4 heterocycles. The zero-order valence-electron chi connectivity index (χ0n) is 18.6. The van der Waals surface area contributed by atoms with Crippen molar-refractivity contribution >= 4 is 37.2 Å². The van der Waals surface area contributed by atoms with Gasteiger partial charge in [0.15, 0.2) is 15.6 Å². The van der Waals surface area contributed by atoms with Crippen LogP contribution in [0.2, 0.25) is 0 Å². The summed E-state index contributed by atoms with van der Waals surface area (Å²) in [6.07, 6.45) is 2.67. The Hall–Kier alpha value is -2.03. The van der Waals surface area contributed by atoms with Gasteiger partial charge in [-0.15, -0.1) is 11.3 Å². The molecule has 2 fully saturated rings. The molecule has 0 radical (unpaired) electrons. The SMILES string of the molecule is Cc1cc(C(=O)CN2CCC(c3nc4ccccc4s3)CC2)c(C)n1[C@@H]1CCS(=O)(=O)C1. The second kappa shape index (κ2) is 8.39. The molecule has 6 nitrogen and oxygen atoms in total. The first-order valence-corrected chi connectivity index (χ1v) is 13.9. The van der Waals surface area contributed by atoms with E-state index in [1.165, 1.54) is 9.71 Å². The van der Waals surface area contributed by atoms with Gasteiger partial charge < -0.3 is 4.57 Å². The molecule has 5 rings (SSSR count). The highest BCUT2D eigenvalue weighted by Gasteiger charge is 2.32. The van der Waals surface area contributed by atoms with E-state index in [2.05, 4.69) is 27.7 Å². The molecule has 0 spiro atoms. The summed E-state index contributed by atoms with van der Waals surface area (Å²) < 4.78 is 27.2. The molecule has 3 aromatic rings. The van der Waals surface area contributed by atoms with Crippen LogP contribution in [0.3, 0.4) is 0 Å². The molecule has 0 bridgehead atoms. The number of rotatable bonds is 5. The van der Waals surface area contributed by atoms with E-state index < -0.39 is 9.84 Å². The minimum Gasteiger partial charge on any atom is -0.344 e. The highest BCUT2D eigenvalue weighted by molar-refractivity contribution is 7.91. The minimum absolute atomic E-state index is 0.0499. The van der Waals surface area contributed by atoms with Gasteiger partial charge in [-0.25, -0.2) is 13.4 Å². The Morgan fingerprint density at radius 3 is 2.59 bits per heavy atom. The van der Waals surface area contributed by atoms with Crippen molar-refractivity contribution in [3.05, 3.63) is 52.3 Å². The average molecular weight is 472 g/mol. The number of carbonyl (C=O) groups is 1. The van der Waals surface area contributed by atoms with Crippen molar-refractivity contribution < 1.29 is 13.2 Å². The number of aryl methyl sites for hydroxylation is 1. The molecule has 0 aliphatic carbocycles. The van der Waals surface area contributed by atoms with Crippen molar-refractivity contribution in [2.24, 2.45) is 0 Å². The number of aromatic nitrogens is 2. The molecule has 170 valence electrons. The van der Waals surface area contributed by atoms with Crippen molar-refractivity contribution in [2.75, 3.05) is 31.1 Å². The molecule has 0 saturated carbocycles. The van der Waals surface area contributed by atoms with E-state index in [1.807, 2.05) is 26.0 Å². The molecule has 2 aromatic heterocycles. The fourth-order valence-corrected chi connectivity index (χ4v) is 8.13. The number of hydrogen-bond acceptors (Lipinski definition) is 6. The van der Waals surface area contributed by atoms with Crippen molar-refractivity contribution in [3.63, 3.8) is 0 Å². The molecule has 32 heavy (non-hydrogen) atoms. The van der Waals surface area contributed by atoms with Crippen molar-refractivity contribution in [3.8, 4) is 0 Å². The molecular weight excluding hydrogens is 442 g/mol. The Morgan fingerprint density at radius 2 is 1.91 bits per heavy atom. The first-order valence-electron chi connectivity index (χ1n) is 11.3. The van der Waals surface area contributed by atoms with Gasteiger partial charge in [0, 0.05) is 28.9 Å². The van der Waals surface area contributed by atoms with Gasteiger partial charge in [0.25, 0.3) is 0 Å². The lowest BCUT2D eigenvalue weighted by Crippen LogP contribution is -2.37. The van der Waals surface area contributed by atoms with E-state index in [-0.39, 0.29) is 23.3 Å². The second-order valence-corrected chi connectivity index (χ2v) is 12.5. The van der Waals surface area contributed by atoms with Crippen molar-refractivity contribution in [2.45, 2.75) is 45.1 Å². The normalized spacial score (nSPS) is 22.0. The lowest BCUT2D eigenvalue weighted by Gasteiger charge is -2.30. The van der Waals surface area contributed by atoms with Gasteiger partial charge in [-0.1, -0.05) is 12.1 Å². The zero-order chi connectivity index (χ0) is 22.5. The summed E-state index contributed by atoms with van der Waals surface area (Å²) in [6, 6.07) is 10.2. The predicted molar refractivity (Wildman–Crippen MR) is 129 cm³/mol. The fraction of sp³-hybridized carbons (Fsp3) is 0.500. The standard InChI is InChI=1S/C24H29N3O3S2/c1-16-13-20(17(2)27(16)19-9-12-32(29,30)15-19)22(28)14-26-10-7-18(8-11-26)24-25-21-5-3-4-6-23(21)31-24/h3-6,13,18-19H,7-12,14-15H2,1-2H3/t19-/m1/s1.